The molecule has 0 unspecified atom stereocenters. The number of benzene rings is 2. The molecule has 0 fully saturated rings. The predicted octanol–water partition coefficient (Wildman–Crippen LogP) is 6.12. The van der Waals surface area contributed by atoms with E-state index in [1.54, 1.807) is 6.07 Å². The SMILES string of the molecule is Cc1cc(C)c2nc(NC(=O)c3ncc(COc4cc(C)c5nc(NC(=O)c6ncccc6O)sc5c4)cc3O)sc2c1. The van der Waals surface area contributed by atoms with Crippen LogP contribution in [-0.4, -0.2) is 42.0 Å². The Morgan fingerprint density at radius 1 is 0.814 bits per heavy atom. The lowest BCUT2D eigenvalue weighted by Gasteiger charge is -2.09. The minimum Gasteiger partial charge on any atom is -0.505 e. The molecule has 0 radical (unpaired) electrons. The summed E-state index contributed by atoms with van der Waals surface area (Å²) >= 11 is 2.61. The molecule has 0 aliphatic rings. The van der Waals surface area contributed by atoms with Gasteiger partial charge >= 0.3 is 0 Å². The highest BCUT2D eigenvalue weighted by Gasteiger charge is 2.18. The van der Waals surface area contributed by atoms with Crippen molar-refractivity contribution in [2.45, 2.75) is 27.4 Å². The van der Waals surface area contributed by atoms with Gasteiger partial charge in [0, 0.05) is 18.0 Å². The maximum atomic E-state index is 12.8. The van der Waals surface area contributed by atoms with Crippen molar-refractivity contribution in [1.82, 2.24) is 19.9 Å². The number of ether oxygens (including phenoxy) is 1. The zero-order chi connectivity index (χ0) is 30.2. The molecule has 216 valence electrons. The van der Waals surface area contributed by atoms with Gasteiger partial charge in [0.1, 0.15) is 23.9 Å². The van der Waals surface area contributed by atoms with Crippen LogP contribution in [0.4, 0.5) is 10.3 Å². The Hall–Kier alpha value is -5.14. The second-order valence-corrected chi connectivity index (χ2v) is 11.9. The largest absolute Gasteiger partial charge is 0.505 e. The first-order chi connectivity index (χ1) is 20.6. The number of amides is 2. The number of rotatable bonds is 7. The quantitative estimate of drug-likeness (QED) is 0.167. The number of aryl methyl sites for hydroxylation is 3. The second-order valence-electron chi connectivity index (χ2n) is 9.83. The predicted molar refractivity (Wildman–Crippen MR) is 165 cm³/mol. The third kappa shape index (κ3) is 5.80. The van der Waals surface area contributed by atoms with E-state index < -0.39 is 11.8 Å². The van der Waals surface area contributed by atoms with Crippen LogP contribution in [0.5, 0.6) is 17.2 Å². The topological polar surface area (TPSA) is 159 Å². The van der Waals surface area contributed by atoms with Crippen LogP contribution in [-0.2, 0) is 6.61 Å². The number of aromatic hydroxyl groups is 2. The monoisotopic (exact) mass is 612 g/mol. The zero-order valence-electron chi connectivity index (χ0n) is 23.1. The summed E-state index contributed by atoms with van der Waals surface area (Å²) in [5.41, 5.74) is 4.84. The molecule has 6 aromatic rings. The molecule has 2 aromatic carbocycles. The Morgan fingerprint density at radius 2 is 1.44 bits per heavy atom. The second kappa shape index (κ2) is 11.3. The molecule has 4 aromatic heterocycles. The molecule has 43 heavy (non-hydrogen) atoms. The van der Waals surface area contributed by atoms with Gasteiger partial charge in [-0.2, -0.15) is 0 Å². The third-order valence-corrected chi connectivity index (χ3v) is 8.31. The maximum absolute atomic E-state index is 12.8. The van der Waals surface area contributed by atoms with E-state index in [0.717, 1.165) is 31.6 Å². The van der Waals surface area contributed by atoms with Gasteiger partial charge in [-0.1, -0.05) is 28.7 Å². The number of nitrogens with zero attached hydrogens (tertiary/aromatic N) is 4. The fraction of sp³-hybridized carbons (Fsp3) is 0.133. The fourth-order valence-corrected chi connectivity index (χ4v) is 6.53. The van der Waals surface area contributed by atoms with E-state index >= 15 is 0 Å². The number of carbonyl (C=O) groups excluding carboxylic acids is 2. The zero-order valence-corrected chi connectivity index (χ0v) is 24.8. The fourth-order valence-electron chi connectivity index (χ4n) is 4.53. The van der Waals surface area contributed by atoms with Gasteiger partial charge in [-0.25, -0.2) is 19.9 Å². The van der Waals surface area contributed by atoms with Gasteiger partial charge in [-0.05, 0) is 73.9 Å². The molecular weight excluding hydrogens is 589 g/mol. The van der Waals surface area contributed by atoms with E-state index in [9.17, 15) is 19.8 Å². The van der Waals surface area contributed by atoms with E-state index in [1.807, 2.05) is 39.0 Å². The van der Waals surface area contributed by atoms with Crippen molar-refractivity contribution in [3.05, 3.63) is 88.5 Å². The van der Waals surface area contributed by atoms with Gasteiger partial charge in [-0.15, -0.1) is 0 Å². The molecule has 11 nitrogen and oxygen atoms in total. The smallest absolute Gasteiger partial charge is 0.279 e. The van der Waals surface area contributed by atoms with Crippen molar-refractivity contribution >= 4 is 65.2 Å². The number of hydrogen-bond donors (Lipinski definition) is 4. The first-order valence-corrected chi connectivity index (χ1v) is 14.6. The van der Waals surface area contributed by atoms with E-state index in [4.69, 9.17) is 4.74 Å². The van der Waals surface area contributed by atoms with Crippen LogP contribution >= 0.6 is 22.7 Å². The van der Waals surface area contributed by atoms with Crippen molar-refractivity contribution in [3.63, 3.8) is 0 Å². The van der Waals surface area contributed by atoms with E-state index in [0.29, 0.717) is 27.1 Å². The molecule has 4 heterocycles. The summed E-state index contributed by atoms with van der Waals surface area (Å²) in [5.74, 6) is -1.08. The summed E-state index contributed by atoms with van der Waals surface area (Å²) in [6.45, 7) is 5.94. The van der Waals surface area contributed by atoms with E-state index in [1.165, 1.54) is 53.3 Å². The van der Waals surface area contributed by atoms with Gasteiger partial charge in [0.2, 0.25) is 0 Å². The van der Waals surface area contributed by atoms with Crippen LogP contribution in [0, 0.1) is 20.8 Å². The molecule has 0 aliphatic heterocycles. The van der Waals surface area contributed by atoms with Gasteiger partial charge in [0.15, 0.2) is 21.7 Å². The van der Waals surface area contributed by atoms with Crippen molar-refractivity contribution in [2.24, 2.45) is 0 Å². The molecule has 13 heteroatoms. The minimum atomic E-state index is -0.569. The highest BCUT2D eigenvalue weighted by Crippen LogP contribution is 2.33. The number of thiazole rings is 2. The van der Waals surface area contributed by atoms with Crippen LogP contribution in [0.2, 0.25) is 0 Å². The third-order valence-electron chi connectivity index (χ3n) is 6.48. The average molecular weight is 613 g/mol. The minimum absolute atomic E-state index is 0.0885. The lowest BCUT2D eigenvalue weighted by atomic mass is 10.1. The molecule has 0 spiro atoms. The van der Waals surface area contributed by atoms with Crippen LogP contribution in [0.1, 0.15) is 43.2 Å². The highest BCUT2D eigenvalue weighted by molar-refractivity contribution is 7.22. The van der Waals surface area contributed by atoms with Crippen LogP contribution in [0.25, 0.3) is 20.4 Å². The Labute approximate surface area is 252 Å². The molecule has 0 atom stereocenters. The molecule has 0 saturated carbocycles. The van der Waals surface area contributed by atoms with Crippen molar-refractivity contribution < 1.29 is 24.5 Å². The average Bonchev–Trinajstić information content (AvgIpc) is 3.55. The number of hydrogen-bond acceptors (Lipinski definition) is 11. The van der Waals surface area contributed by atoms with Gasteiger partial charge in [0.25, 0.3) is 11.8 Å². The summed E-state index contributed by atoms with van der Waals surface area (Å²) in [7, 11) is 0. The molecule has 0 bridgehead atoms. The Balaban J connectivity index is 1.12. The van der Waals surface area contributed by atoms with Crippen molar-refractivity contribution in [1.29, 1.82) is 0 Å². The van der Waals surface area contributed by atoms with Crippen LogP contribution < -0.4 is 15.4 Å². The normalized spacial score (nSPS) is 11.1. The van der Waals surface area contributed by atoms with E-state index in [-0.39, 0.29) is 29.5 Å². The highest BCUT2D eigenvalue weighted by atomic mass is 32.1. The standard InChI is InChI=1S/C30H24N6O5S2/c1-14-7-15(2)23-21(8-14)42-29(33-23)36-28(40)26-20(38)10-17(12-32-26)13-41-18-9-16(3)24-22(11-18)43-30(34-24)35-27(39)25-19(37)5-4-6-31-25/h4-12,37-38H,13H2,1-3H3,(H,33,36,40)(H,34,35,39). The number of anilines is 2. The molecule has 0 saturated heterocycles. The van der Waals surface area contributed by atoms with Crippen molar-refractivity contribution in [3.8, 4) is 17.2 Å². The number of nitrogens with one attached hydrogen (secondary N) is 2. The Bertz CT molecular complexity index is 2050. The summed E-state index contributed by atoms with van der Waals surface area (Å²) in [5, 5.41) is 26.6. The van der Waals surface area contributed by atoms with Crippen LogP contribution in [0.15, 0.2) is 54.9 Å². The molecule has 2 amide bonds. The summed E-state index contributed by atoms with van der Waals surface area (Å²) in [4.78, 5) is 42.4. The Morgan fingerprint density at radius 3 is 2.09 bits per heavy atom. The summed E-state index contributed by atoms with van der Waals surface area (Å²) < 4.78 is 7.70. The molecule has 4 N–H and O–H groups in total. The van der Waals surface area contributed by atoms with Gasteiger partial charge < -0.3 is 14.9 Å². The lowest BCUT2D eigenvalue weighted by Crippen LogP contribution is -2.14. The first kappa shape index (κ1) is 28.0. The number of aromatic nitrogens is 4. The van der Waals surface area contributed by atoms with Crippen molar-refractivity contribution in [2.75, 3.05) is 10.6 Å². The molecular formula is C30H24N6O5S2. The number of fused-ring (bicyclic) bond motifs is 2. The first-order valence-electron chi connectivity index (χ1n) is 13.0. The van der Waals surface area contributed by atoms with E-state index in [2.05, 4.69) is 30.6 Å². The maximum Gasteiger partial charge on any atom is 0.279 e. The number of carbonyl (C=O) groups is 2. The molecule has 6 rings (SSSR count). The molecule has 0 aliphatic carbocycles. The lowest BCUT2D eigenvalue weighted by molar-refractivity contribution is 0.101. The van der Waals surface area contributed by atoms with Gasteiger partial charge in [0.05, 0.1) is 20.4 Å². The Kier molecular flexibility index (Phi) is 7.34. The summed E-state index contributed by atoms with van der Waals surface area (Å²) in [6.07, 6.45) is 2.89. The van der Waals surface area contributed by atoms with Gasteiger partial charge in [-0.3, -0.25) is 20.2 Å². The summed E-state index contributed by atoms with van der Waals surface area (Å²) in [6, 6.07) is 12.0. The number of pyridine rings is 2. The van der Waals surface area contributed by atoms with Crippen LogP contribution in [0.3, 0.4) is 0 Å².